The average molecular weight is 212 g/mol. The summed E-state index contributed by atoms with van der Waals surface area (Å²) in [5, 5.41) is 10.8. The molecule has 14 heavy (non-hydrogen) atoms. The number of methoxy groups -OCH3 is 1. The van der Waals surface area contributed by atoms with E-state index in [-0.39, 0.29) is 6.54 Å². The fourth-order valence-corrected chi connectivity index (χ4v) is 0.718. The van der Waals surface area contributed by atoms with Gasteiger partial charge >= 0.3 is 0 Å². The van der Waals surface area contributed by atoms with E-state index in [1.807, 2.05) is 0 Å². The predicted molar refractivity (Wildman–Crippen MR) is 44.9 cm³/mol. The van der Waals surface area contributed by atoms with Crippen molar-refractivity contribution in [2.24, 2.45) is 5.73 Å². The summed E-state index contributed by atoms with van der Waals surface area (Å²) in [6.45, 7) is -0.566. The number of ether oxygens (including phenoxy) is 1. The molecule has 0 bridgehead atoms. The highest BCUT2D eigenvalue weighted by Gasteiger charge is 2.20. The standard InChI is InChI=1S/C7H14F2N2O3/c1-14-5(2-10)7(13)11-3-4(12)6(8)9/h4-6,12H,2-3,10H2,1H3,(H,11,13). The van der Waals surface area contributed by atoms with Crippen molar-refractivity contribution < 1.29 is 23.4 Å². The van der Waals surface area contributed by atoms with Gasteiger partial charge < -0.3 is 20.9 Å². The van der Waals surface area contributed by atoms with Gasteiger partial charge in [-0.3, -0.25) is 4.79 Å². The number of aliphatic hydroxyl groups is 1. The topological polar surface area (TPSA) is 84.6 Å². The fraction of sp³-hybridized carbons (Fsp3) is 0.857. The third kappa shape index (κ3) is 4.45. The van der Waals surface area contributed by atoms with Crippen LogP contribution in [0.1, 0.15) is 0 Å². The molecule has 0 heterocycles. The molecule has 84 valence electrons. The van der Waals surface area contributed by atoms with Crippen LogP contribution in [0, 0.1) is 0 Å². The molecule has 4 N–H and O–H groups in total. The van der Waals surface area contributed by atoms with Crippen molar-refractivity contribution in [2.75, 3.05) is 20.2 Å². The quantitative estimate of drug-likeness (QED) is 0.511. The summed E-state index contributed by atoms with van der Waals surface area (Å²) >= 11 is 0. The Bertz CT molecular complexity index is 176. The van der Waals surface area contributed by atoms with Crippen molar-refractivity contribution in [3.63, 3.8) is 0 Å². The smallest absolute Gasteiger partial charge is 0.265 e. The van der Waals surface area contributed by atoms with E-state index in [0.717, 1.165) is 0 Å². The zero-order valence-corrected chi connectivity index (χ0v) is 7.74. The molecular weight excluding hydrogens is 198 g/mol. The summed E-state index contributed by atoms with van der Waals surface area (Å²) in [6.07, 6.45) is -5.62. The molecule has 0 aromatic rings. The molecule has 0 rings (SSSR count). The Morgan fingerprint density at radius 2 is 2.21 bits per heavy atom. The first-order chi connectivity index (χ1) is 6.52. The molecule has 2 unspecified atom stereocenters. The van der Waals surface area contributed by atoms with Crippen LogP contribution in [-0.4, -0.2) is 49.8 Å². The molecule has 5 nitrogen and oxygen atoms in total. The lowest BCUT2D eigenvalue weighted by molar-refractivity contribution is -0.131. The van der Waals surface area contributed by atoms with Crippen LogP contribution in [-0.2, 0) is 9.53 Å². The third-order valence-corrected chi connectivity index (χ3v) is 1.57. The summed E-state index contributed by atoms with van der Waals surface area (Å²) in [6, 6.07) is 0. The van der Waals surface area contributed by atoms with Crippen LogP contribution < -0.4 is 11.1 Å². The van der Waals surface area contributed by atoms with Gasteiger partial charge in [0.2, 0.25) is 0 Å². The molecule has 0 aromatic heterocycles. The Kier molecular flexibility index (Phi) is 6.26. The minimum Gasteiger partial charge on any atom is -0.385 e. The highest BCUT2D eigenvalue weighted by molar-refractivity contribution is 5.80. The Balaban J connectivity index is 3.83. The van der Waals surface area contributed by atoms with Gasteiger partial charge in [0.05, 0.1) is 0 Å². The van der Waals surface area contributed by atoms with E-state index < -0.39 is 31.1 Å². The lowest BCUT2D eigenvalue weighted by atomic mass is 10.3. The van der Waals surface area contributed by atoms with Crippen molar-refractivity contribution in [1.29, 1.82) is 0 Å². The Labute approximate surface area is 80.2 Å². The molecule has 0 aliphatic carbocycles. The normalized spacial score (nSPS) is 15.3. The van der Waals surface area contributed by atoms with Gasteiger partial charge in [0.15, 0.2) is 0 Å². The van der Waals surface area contributed by atoms with Crippen molar-refractivity contribution >= 4 is 5.91 Å². The van der Waals surface area contributed by atoms with Crippen LogP contribution in [0.15, 0.2) is 0 Å². The van der Waals surface area contributed by atoms with E-state index in [9.17, 15) is 13.6 Å². The van der Waals surface area contributed by atoms with E-state index in [1.54, 1.807) is 0 Å². The van der Waals surface area contributed by atoms with Crippen LogP contribution in [0.5, 0.6) is 0 Å². The molecule has 0 radical (unpaired) electrons. The van der Waals surface area contributed by atoms with Gasteiger partial charge in [-0.15, -0.1) is 0 Å². The molecule has 0 aliphatic rings. The minimum atomic E-state index is -2.88. The molecule has 0 spiro atoms. The SMILES string of the molecule is COC(CN)C(=O)NCC(O)C(F)F. The van der Waals surface area contributed by atoms with Gasteiger partial charge in [-0.25, -0.2) is 8.78 Å². The predicted octanol–water partition coefficient (Wildman–Crippen LogP) is -1.30. The lowest BCUT2D eigenvalue weighted by Gasteiger charge is -2.15. The summed E-state index contributed by atoms with van der Waals surface area (Å²) in [5.74, 6) is -0.616. The number of nitrogens with one attached hydrogen (secondary N) is 1. The maximum Gasteiger partial charge on any atom is 0.265 e. The maximum atomic E-state index is 11.8. The highest BCUT2D eigenvalue weighted by Crippen LogP contribution is 1.98. The minimum absolute atomic E-state index is 0.0485. The number of halogens is 2. The van der Waals surface area contributed by atoms with Crippen molar-refractivity contribution in [1.82, 2.24) is 5.32 Å². The average Bonchev–Trinajstić information content (AvgIpc) is 2.15. The second kappa shape index (κ2) is 6.63. The molecule has 0 fully saturated rings. The first-order valence-electron chi connectivity index (χ1n) is 3.99. The van der Waals surface area contributed by atoms with Crippen molar-refractivity contribution in [3.8, 4) is 0 Å². The Morgan fingerprint density at radius 3 is 2.57 bits per heavy atom. The van der Waals surface area contributed by atoms with Crippen molar-refractivity contribution in [2.45, 2.75) is 18.6 Å². The number of nitrogens with two attached hydrogens (primary N) is 1. The van der Waals surface area contributed by atoms with Gasteiger partial charge in [0.25, 0.3) is 12.3 Å². The Hall–Kier alpha value is -0.790. The number of carbonyl (C=O) groups is 1. The molecule has 0 aliphatic heterocycles. The molecule has 7 heteroatoms. The van der Waals surface area contributed by atoms with Gasteiger partial charge in [0.1, 0.15) is 12.2 Å². The van der Waals surface area contributed by atoms with E-state index in [1.165, 1.54) is 7.11 Å². The number of carbonyl (C=O) groups excluding carboxylic acids is 1. The van der Waals surface area contributed by atoms with Crippen LogP contribution in [0.2, 0.25) is 0 Å². The van der Waals surface area contributed by atoms with E-state index in [0.29, 0.717) is 0 Å². The maximum absolute atomic E-state index is 11.8. The van der Waals surface area contributed by atoms with E-state index >= 15 is 0 Å². The van der Waals surface area contributed by atoms with Gasteiger partial charge in [-0.2, -0.15) is 0 Å². The van der Waals surface area contributed by atoms with E-state index in [4.69, 9.17) is 10.8 Å². The number of alkyl halides is 2. The molecule has 1 amide bonds. The molecule has 0 aromatic carbocycles. The molecule has 0 saturated heterocycles. The molecule has 2 atom stereocenters. The summed E-state index contributed by atoms with van der Waals surface area (Å²) in [4.78, 5) is 11.1. The number of aliphatic hydroxyl groups excluding tert-OH is 1. The fourth-order valence-electron chi connectivity index (χ4n) is 0.718. The summed E-state index contributed by atoms with van der Waals surface area (Å²) in [7, 11) is 1.28. The molecule has 0 saturated carbocycles. The van der Waals surface area contributed by atoms with Gasteiger partial charge in [-0.05, 0) is 0 Å². The number of rotatable bonds is 6. The van der Waals surface area contributed by atoms with Gasteiger partial charge in [0, 0.05) is 20.2 Å². The third-order valence-electron chi connectivity index (χ3n) is 1.57. The van der Waals surface area contributed by atoms with Crippen LogP contribution >= 0.6 is 0 Å². The summed E-state index contributed by atoms with van der Waals surface area (Å²) < 4.78 is 28.2. The first-order valence-corrected chi connectivity index (χ1v) is 3.99. The zero-order chi connectivity index (χ0) is 11.1. The zero-order valence-electron chi connectivity index (χ0n) is 7.74. The van der Waals surface area contributed by atoms with Crippen LogP contribution in [0.25, 0.3) is 0 Å². The largest absolute Gasteiger partial charge is 0.385 e. The van der Waals surface area contributed by atoms with Crippen LogP contribution in [0.4, 0.5) is 8.78 Å². The Morgan fingerprint density at radius 1 is 1.64 bits per heavy atom. The van der Waals surface area contributed by atoms with Crippen molar-refractivity contribution in [3.05, 3.63) is 0 Å². The van der Waals surface area contributed by atoms with Gasteiger partial charge in [-0.1, -0.05) is 0 Å². The lowest BCUT2D eigenvalue weighted by Crippen LogP contribution is -2.44. The summed E-state index contributed by atoms with van der Waals surface area (Å²) in [5.41, 5.74) is 5.15. The number of hydrogen-bond acceptors (Lipinski definition) is 4. The monoisotopic (exact) mass is 212 g/mol. The first kappa shape index (κ1) is 13.2. The number of hydrogen-bond donors (Lipinski definition) is 3. The van der Waals surface area contributed by atoms with Crippen LogP contribution in [0.3, 0.4) is 0 Å². The highest BCUT2D eigenvalue weighted by atomic mass is 19.3. The second-order valence-electron chi connectivity index (χ2n) is 2.61. The second-order valence-corrected chi connectivity index (χ2v) is 2.61. The molecular formula is C7H14F2N2O3. The number of amides is 1. The van der Waals surface area contributed by atoms with E-state index in [2.05, 4.69) is 10.1 Å².